The van der Waals surface area contributed by atoms with Gasteiger partial charge in [0, 0.05) is 16.8 Å². The van der Waals surface area contributed by atoms with Crippen LogP contribution in [0.5, 0.6) is 0 Å². The van der Waals surface area contributed by atoms with E-state index in [1.165, 1.54) is 11.3 Å². The summed E-state index contributed by atoms with van der Waals surface area (Å²) in [5, 5.41) is 3.73. The zero-order chi connectivity index (χ0) is 14.1. The van der Waals surface area contributed by atoms with Gasteiger partial charge in [0.05, 0.1) is 11.6 Å². The Balaban J connectivity index is 1.76. The Hall–Kier alpha value is -1.95. The highest BCUT2D eigenvalue weighted by molar-refractivity contribution is 7.11. The van der Waals surface area contributed by atoms with Gasteiger partial charge in [0.15, 0.2) is 0 Å². The number of carbonyl (C=O) groups is 1. The number of aromatic nitrogens is 2. The van der Waals surface area contributed by atoms with Crippen LogP contribution in [0.25, 0.3) is 0 Å². The van der Waals surface area contributed by atoms with Crippen LogP contribution < -0.4 is 10.9 Å². The van der Waals surface area contributed by atoms with Gasteiger partial charge in [-0.1, -0.05) is 0 Å². The number of pyridine rings is 1. The second-order valence-corrected chi connectivity index (χ2v) is 6.22. The summed E-state index contributed by atoms with van der Waals surface area (Å²) >= 11 is 1.54. The van der Waals surface area contributed by atoms with E-state index < -0.39 is 0 Å². The fourth-order valence-electron chi connectivity index (χ4n) is 2.43. The maximum atomic E-state index is 12.1. The number of rotatable bonds is 3. The lowest BCUT2D eigenvalue weighted by Gasteiger charge is -2.05. The Morgan fingerprint density at radius 3 is 3.10 bits per heavy atom. The van der Waals surface area contributed by atoms with E-state index in [-0.39, 0.29) is 17.0 Å². The molecule has 0 aliphatic heterocycles. The highest BCUT2D eigenvalue weighted by Crippen LogP contribution is 2.18. The van der Waals surface area contributed by atoms with Crippen molar-refractivity contribution in [1.82, 2.24) is 15.3 Å². The molecule has 5 nitrogen and oxygen atoms in total. The van der Waals surface area contributed by atoms with Crippen molar-refractivity contribution < 1.29 is 4.79 Å². The molecule has 2 N–H and O–H groups in total. The second kappa shape index (κ2) is 5.20. The zero-order valence-corrected chi connectivity index (χ0v) is 12.0. The molecule has 2 heterocycles. The molecule has 0 atom stereocenters. The van der Waals surface area contributed by atoms with E-state index in [2.05, 4.69) is 15.3 Å². The average molecular weight is 289 g/mol. The minimum atomic E-state index is -0.327. The van der Waals surface area contributed by atoms with Gasteiger partial charge < -0.3 is 10.3 Å². The third kappa shape index (κ3) is 2.51. The van der Waals surface area contributed by atoms with Crippen LogP contribution in [-0.2, 0) is 19.4 Å². The van der Waals surface area contributed by atoms with Gasteiger partial charge in [0.2, 0.25) is 0 Å². The number of nitrogens with zero attached hydrogens (tertiary/aromatic N) is 1. The number of amides is 1. The molecular formula is C14H15N3O2S. The van der Waals surface area contributed by atoms with Crippen LogP contribution in [-0.4, -0.2) is 15.9 Å². The molecule has 0 saturated carbocycles. The third-order valence-electron chi connectivity index (χ3n) is 3.43. The van der Waals surface area contributed by atoms with E-state index in [4.69, 9.17) is 0 Å². The normalized spacial score (nSPS) is 13.2. The fourth-order valence-corrected chi connectivity index (χ4v) is 3.17. The molecule has 0 saturated heterocycles. The molecule has 0 unspecified atom stereocenters. The number of H-pyrrole nitrogens is 1. The lowest BCUT2D eigenvalue weighted by Crippen LogP contribution is -2.29. The monoisotopic (exact) mass is 289 g/mol. The molecule has 3 rings (SSSR count). The first-order chi connectivity index (χ1) is 9.63. The third-order valence-corrected chi connectivity index (χ3v) is 4.34. The highest BCUT2D eigenvalue weighted by atomic mass is 32.1. The van der Waals surface area contributed by atoms with Crippen molar-refractivity contribution in [2.24, 2.45) is 0 Å². The zero-order valence-electron chi connectivity index (χ0n) is 11.2. The summed E-state index contributed by atoms with van der Waals surface area (Å²) in [7, 11) is 0. The molecule has 2 aromatic rings. The van der Waals surface area contributed by atoms with Crippen molar-refractivity contribution in [2.75, 3.05) is 0 Å². The highest BCUT2D eigenvalue weighted by Gasteiger charge is 2.17. The molecular weight excluding hydrogens is 274 g/mol. The summed E-state index contributed by atoms with van der Waals surface area (Å²) in [5.74, 6) is -0.327. The van der Waals surface area contributed by atoms with Crippen molar-refractivity contribution in [1.29, 1.82) is 0 Å². The first-order valence-corrected chi connectivity index (χ1v) is 7.40. The number of fused-ring (bicyclic) bond motifs is 1. The van der Waals surface area contributed by atoms with Crippen LogP contribution in [0.2, 0.25) is 0 Å². The summed E-state index contributed by atoms with van der Waals surface area (Å²) in [6.07, 6.45) is 4.61. The topological polar surface area (TPSA) is 74.8 Å². The van der Waals surface area contributed by atoms with Crippen LogP contribution in [0.3, 0.4) is 0 Å². The van der Waals surface area contributed by atoms with Crippen molar-refractivity contribution in [3.8, 4) is 0 Å². The number of hydrogen-bond donors (Lipinski definition) is 2. The summed E-state index contributed by atoms with van der Waals surface area (Å²) in [6, 6.07) is 1.73. The molecule has 0 bridgehead atoms. The predicted octanol–water partition coefficient (Wildman–Crippen LogP) is 1.56. The van der Waals surface area contributed by atoms with Gasteiger partial charge in [-0.15, -0.1) is 11.3 Å². The maximum Gasteiger partial charge on any atom is 0.261 e. The number of thiazole rings is 1. The number of aromatic amines is 1. The Morgan fingerprint density at radius 2 is 2.35 bits per heavy atom. The van der Waals surface area contributed by atoms with Gasteiger partial charge in [-0.05, 0) is 37.8 Å². The standard InChI is InChI=1S/C14H15N3O2S/c1-8-15-6-10(20-8)7-16-13(18)11-5-9-3-2-4-12(9)17-14(11)19/h5-6H,2-4,7H2,1H3,(H,16,18)(H,17,19). The van der Waals surface area contributed by atoms with E-state index in [1.807, 2.05) is 6.92 Å². The lowest BCUT2D eigenvalue weighted by atomic mass is 10.1. The Morgan fingerprint density at radius 1 is 1.50 bits per heavy atom. The molecule has 0 fully saturated rings. The molecule has 0 spiro atoms. The van der Waals surface area contributed by atoms with Crippen molar-refractivity contribution in [2.45, 2.75) is 32.7 Å². The van der Waals surface area contributed by atoms with Crippen LogP contribution in [0, 0.1) is 6.92 Å². The summed E-state index contributed by atoms with van der Waals surface area (Å²) in [6.45, 7) is 2.32. The number of carbonyl (C=O) groups excluding carboxylic acids is 1. The van der Waals surface area contributed by atoms with Gasteiger partial charge in [0.1, 0.15) is 5.56 Å². The van der Waals surface area contributed by atoms with E-state index in [0.29, 0.717) is 6.54 Å². The second-order valence-electron chi connectivity index (χ2n) is 4.90. The van der Waals surface area contributed by atoms with Crippen molar-refractivity contribution in [3.05, 3.63) is 49.3 Å². The van der Waals surface area contributed by atoms with Crippen molar-refractivity contribution >= 4 is 17.2 Å². The van der Waals surface area contributed by atoms with Crippen LogP contribution >= 0.6 is 11.3 Å². The first-order valence-electron chi connectivity index (χ1n) is 6.58. The van der Waals surface area contributed by atoms with Gasteiger partial charge in [-0.25, -0.2) is 4.98 Å². The molecule has 0 radical (unpaired) electrons. The van der Waals surface area contributed by atoms with Crippen LogP contribution in [0.1, 0.15) is 37.9 Å². The van der Waals surface area contributed by atoms with E-state index in [9.17, 15) is 9.59 Å². The Kier molecular flexibility index (Phi) is 3.40. The molecule has 6 heteroatoms. The quantitative estimate of drug-likeness (QED) is 0.900. The summed E-state index contributed by atoms with van der Waals surface area (Å²) in [4.78, 5) is 31.9. The predicted molar refractivity (Wildman–Crippen MR) is 77.1 cm³/mol. The van der Waals surface area contributed by atoms with Gasteiger partial charge in [0.25, 0.3) is 11.5 Å². The van der Waals surface area contributed by atoms with Crippen LogP contribution in [0.4, 0.5) is 0 Å². The molecule has 2 aromatic heterocycles. The smallest absolute Gasteiger partial charge is 0.261 e. The minimum absolute atomic E-state index is 0.201. The molecule has 1 aliphatic carbocycles. The Labute approximate surface area is 120 Å². The average Bonchev–Trinajstić information content (AvgIpc) is 3.03. The van der Waals surface area contributed by atoms with Gasteiger partial charge >= 0.3 is 0 Å². The largest absolute Gasteiger partial charge is 0.347 e. The molecule has 104 valence electrons. The van der Waals surface area contributed by atoms with Gasteiger partial charge in [-0.3, -0.25) is 9.59 Å². The number of hydrogen-bond acceptors (Lipinski definition) is 4. The minimum Gasteiger partial charge on any atom is -0.347 e. The number of aryl methyl sites for hydroxylation is 3. The molecule has 20 heavy (non-hydrogen) atoms. The molecule has 1 aliphatic rings. The maximum absolute atomic E-state index is 12.1. The van der Waals surface area contributed by atoms with Gasteiger partial charge in [-0.2, -0.15) is 0 Å². The number of nitrogens with one attached hydrogen (secondary N) is 2. The first kappa shape index (κ1) is 13.1. The van der Waals surface area contributed by atoms with Crippen LogP contribution in [0.15, 0.2) is 17.1 Å². The Bertz CT molecular complexity index is 717. The summed E-state index contributed by atoms with van der Waals surface area (Å²) < 4.78 is 0. The SMILES string of the molecule is Cc1ncc(CNC(=O)c2cc3c([nH]c2=O)CCC3)s1. The fraction of sp³-hybridized carbons (Fsp3) is 0.357. The van der Waals surface area contributed by atoms with Crippen molar-refractivity contribution in [3.63, 3.8) is 0 Å². The summed E-state index contributed by atoms with van der Waals surface area (Å²) in [5.41, 5.74) is 1.96. The molecule has 1 amide bonds. The van der Waals surface area contributed by atoms with E-state index in [1.54, 1.807) is 12.3 Å². The van der Waals surface area contributed by atoms with E-state index in [0.717, 1.165) is 40.4 Å². The molecule has 0 aromatic carbocycles. The lowest BCUT2D eigenvalue weighted by molar-refractivity contribution is 0.0949. The van der Waals surface area contributed by atoms with E-state index >= 15 is 0 Å².